The maximum atomic E-state index is 12.6. The highest BCUT2D eigenvalue weighted by molar-refractivity contribution is 6.10. The van der Waals surface area contributed by atoms with Crippen molar-refractivity contribution in [2.24, 2.45) is 5.73 Å². The number of benzene rings is 1. The van der Waals surface area contributed by atoms with E-state index < -0.39 is 23.3 Å². The number of nitrogens with two attached hydrogens (primary N) is 1. The Morgan fingerprint density at radius 3 is 2.55 bits per heavy atom. The minimum absolute atomic E-state index is 0.333. The first-order valence-corrected chi connectivity index (χ1v) is 6.77. The van der Waals surface area contributed by atoms with Gasteiger partial charge < -0.3 is 10.8 Å². The van der Waals surface area contributed by atoms with Crippen LogP contribution in [0.3, 0.4) is 0 Å². The number of likely N-dealkylation sites (tertiary alicyclic amines) is 1. The predicted molar refractivity (Wildman–Crippen MR) is 75.4 cm³/mol. The summed E-state index contributed by atoms with van der Waals surface area (Å²) in [6.07, 6.45) is 1.40. The van der Waals surface area contributed by atoms with E-state index in [1.54, 1.807) is 11.9 Å². The Hall–Kier alpha value is -1.72. The Bertz CT molecular complexity index is 503. The van der Waals surface area contributed by atoms with Crippen LogP contribution in [-0.4, -0.2) is 46.9 Å². The third kappa shape index (κ3) is 2.46. The fourth-order valence-electron chi connectivity index (χ4n) is 2.91. The van der Waals surface area contributed by atoms with E-state index in [1.165, 1.54) is 0 Å². The van der Waals surface area contributed by atoms with Gasteiger partial charge in [0.15, 0.2) is 11.3 Å². The average molecular weight is 276 g/mol. The molecule has 1 fully saturated rings. The molecule has 1 heterocycles. The number of Topliss-reactive ketones (excluding diaryl/α,β-unsaturated/α-hetero) is 1. The van der Waals surface area contributed by atoms with Gasteiger partial charge in [0.2, 0.25) is 0 Å². The Labute approximate surface area is 118 Å². The molecule has 108 valence electrons. The van der Waals surface area contributed by atoms with E-state index in [2.05, 4.69) is 0 Å². The topological polar surface area (TPSA) is 83.6 Å². The molecular weight excluding hydrogens is 256 g/mol. The highest BCUT2D eigenvalue weighted by atomic mass is 16.4. The molecule has 0 amide bonds. The van der Waals surface area contributed by atoms with Crippen LogP contribution in [0.4, 0.5) is 0 Å². The number of ketones is 1. The number of carboxylic acid groups (broad SMARTS) is 1. The van der Waals surface area contributed by atoms with Crippen LogP contribution < -0.4 is 5.73 Å². The summed E-state index contributed by atoms with van der Waals surface area (Å²) in [5, 5.41) is 9.50. The molecule has 0 aromatic heterocycles. The minimum atomic E-state index is -1.45. The fourth-order valence-corrected chi connectivity index (χ4v) is 2.91. The number of carbonyl (C=O) groups excluding carboxylic acids is 1. The lowest BCUT2D eigenvalue weighted by Crippen LogP contribution is -2.60. The van der Waals surface area contributed by atoms with Crippen LogP contribution in [0.2, 0.25) is 0 Å². The molecule has 0 bridgehead atoms. The summed E-state index contributed by atoms with van der Waals surface area (Å²) < 4.78 is 0. The van der Waals surface area contributed by atoms with Crippen molar-refractivity contribution in [3.63, 3.8) is 0 Å². The Kier molecular flexibility index (Phi) is 4.20. The zero-order valence-corrected chi connectivity index (χ0v) is 11.6. The number of carbonyl (C=O) groups is 2. The normalized spacial score (nSPS) is 24.5. The van der Waals surface area contributed by atoms with E-state index in [1.807, 2.05) is 30.3 Å². The number of aliphatic carboxylic acids is 1. The van der Waals surface area contributed by atoms with Crippen molar-refractivity contribution in [1.29, 1.82) is 0 Å². The smallest absolute Gasteiger partial charge is 0.331 e. The van der Waals surface area contributed by atoms with Crippen molar-refractivity contribution in [3.8, 4) is 0 Å². The van der Waals surface area contributed by atoms with Crippen LogP contribution >= 0.6 is 0 Å². The first-order valence-electron chi connectivity index (χ1n) is 6.77. The third-order valence-corrected chi connectivity index (χ3v) is 4.08. The second kappa shape index (κ2) is 5.73. The number of hydrogen-bond acceptors (Lipinski definition) is 4. The van der Waals surface area contributed by atoms with Gasteiger partial charge in [-0.1, -0.05) is 30.3 Å². The van der Waals surface area contributed by atoms with Crippen molar-refractivity contribution in [2.45, 2.75) is 30.8 Å². The lowest BCUT2D eigenvalue weighted by molar-refractivity contribution is -0.155. The van der Waals surface area contributed by atoms with Gasteiger partial charge in [0.05, 0.1) is 6.04 Å². The molecule has 1 aliphatic rings. The molecule has 1 aliphatic heterocycles. The molecule has 2 rings (SSSR count). The number of nitrogens with zero attached hydrogens (tertiary/aromatic N) is 1. The van der Waals surface area contributed by atoms with E-state index in [0.29, 0.717) is 25.8 Å². The number of rotatable bonds is 5. The molecule has 1 aromatic carbocycles. The summed E-state index contributed by atoms with van der Waals surface area (Å²) in [6.45, 7) is 0.607. The van der Waals surface area contributed by atoms with Gasteiger partial charge in [-0.15, -0.1) is 0 Å². The molecule has 20 heavy (non-hydrogen) atoms. The first-order chi connectivity index (χ1) is 9.48. The molecule has 0 aliphatic carbocycles. The second-order valence-electron chi connectivity index (χ2n) is 5.35. The molecule has 5 nitrogen and oxygen atoms in total. The largest absolute Gasteiger partial charge is 0.480 e. The van der Waals surface area contributed by atoms with Crippen LogP contribution in [0.5, 0.6) is 0 Å². The molecule has 5 heteroatoms. The summed E-state index contributed by atoms with van der Waals surface area (Å²) in [4.78, 5) is 25.8. The SMILES string of the molecule is CN1CCC[C@]1(C(=O)O)C(=O)[C@@H](N)Cc1ccccc1. The predicted octanol–water partition coefficient (Wildman–Crippen LogP) is 0.675. The maximum Gasteiger partial charge on any atom is 0.331 e. The van der Waals surface area contributed by atoms with Crippen LogP contribution in [-0.2, 0) is 16.0 Å². The van der Waals surface area contributed by atoms with Crippen LogP contribution in [0.15, 0.2) is 30.3 Å². The van der Waals surface area contributed by atoms with E-state index >= 15 is 0 Å². The van der Waals surface area contributed by atoms with Gasteiger partial charge in [0, 0.05) is 0 Å². The van der Waals surface area contributed by atoms with E-state index in [4.69, 9.17) is 5.73 Å². The van der Waals surface area contributed by atoms with E-state index in [9.17, 15) is 14.7 Å². The van der Waals surface area contributed by atoms with Gasteiger partial charge in [-0.2, -0.15) is 0 Å². The van der Waals surface area contributed by atoms with Gasteiger partial charge in [0.25, 0.3) is 0 Å². The number of likely N-dealkylation sites (N-methyl/N-ethyl adjacent to an activating group) is 1. The zero-order chi connectivity index (χ0) is 14.8. The lowest BCUT2D eigenvalue weighted by Gasteiger charge is -2.32. The third-order valence-electron chi connectivity index (χ3n) is 4.08. The van der Waals surface area contributed by atoms with Gasteiger partial charge in [-0.05, 0) is 38.4 Å². The summed E-state index contributed by atoms with van der Waals surface area (Å²) in [5.41, 5.74) is 5.46. The summed E-state index contributed by atoms with van der Waals surface area (Å²) >= 11 is 0. The summed E-state index contributed by atoms with van der Waals surface area (Å²) in [5.74, 6) is -1.49. The van der Waals surface area contributed by atoms with Crippen molar-refractivity contribution in [1.82, 2.24) is 4.90 Å². The minimum Gasteiger partial charge on any atom is -0.480 e. The van der Waals surface area contributed by atoms with Crippen molar-refractivity contribution in [3.05, 3.63) is 35.9 Å². The van der Waals surface area contributed by atoms with Crippen molar-refractivity contribution >= 4 is 11.8 Å². The van der Waals surface area contributed by atoms with Gasteiger partial charge >= 0.3 is 5.97 Å². The monoisotopic (exact) mass is 276 g/mol. The van der Waals surface area contributed by atoms with Crippen molar-refractivity contribution in [2.75, 3.05) is 13.6 Å². The first kappa shape index (κ1) is 14.7. The Morgan fingerprint density at radius 1 is 1.40 bits per heavy atom. The fraction of sp³-hybridized carbons (Fsp3) is 0.467. The molecule has 0 unspecified atom stereocenters. The Balaban J connectivity index is 2.18. The molecule has 0 saturated carbocycles. The molecule has 1 saturated heterocycles. The number of hydrogen-bond donors (Lipinski definition) is 2. The van der Waals surface area contributed by atoms with Crippen molar-refractivity contribution < 1.29 is 14.7 Å². The quantitative estimate of drug-likeness (QED) is 0.772. The molecule has 0 radical (unpaired) electrons. The molecular formula is C15H20N2O3. The zero-order valence-electron chi connectivity index (χ0n) is 11.6. The van der Waals surface area contributed by atoms with Gasteiger partial charge in [0.1, 0.15) is 0 Å². The molecule has 2 atom stereocenters. The lowest BCUT2D eigenvalue weighted by atomic mass is 9.85. The molecule has 1 aromatic rings. The number of carboxylic acids is 1. The molecule has 3 N–H and O–H groups in total. The molecule has 0 spiro atoms. The van der Waals surface area contributed by atoms with Gasteiger partial charge in [-0.3, -0.25) is 9.69 Å². The summed E-state index contributed by atoms with van der Waals surface area (Å²) in [7, 11) is 1.67. The van der Waals surface area contributed by atoms with Gasteiger partial charge in [-0.25, -0.2) is 4.79 Å². The highest BCUT2D eigenvalue weighted by Gasteiger charge is 2.53. The van der Waals surface area contributed by atoms with Crippen LogP contribution in [0, 0.1) is 0 Å². The second-order valence-corrected chi connectivity index (χ2v) is 5.35. The summed E-state index contributed by atoms with van der Waals surface area (Å²) in [6, 6.07) is 8.62. The standard InChI is InChI=1S/C15H20N2O3/c1-17-9-5-8-15(17,14(19)20)13(18)12(16)10-11-6-3-2-4-7-11/h2-4,6-7,12H,5,8-10,16H2,1H3,(H,19,20)/t12-,15+/m0/s1. The average Bonchev–Trinajstić information content (AvgIpc) is 2.82. The maximum absolute atomic E-state index is 12.6. The Morgan fingerprint density at radius 2 is 2.05 bits per heavy atom. The van der Waals surface area contributed by atoms with E-state index in [-0.39, 0.29) is 0 Å². The van der Waals surface area contributed by atoms with E-state index in [0.717, 1.165) is 5.56 Å². The highest BCUT2D eigenvalue weighted by Crippen LogP contribution is 2.30. The van der Waals surface area contributed by atoms with Crippen LogP contribution in [0.1, 0.15) is 18.4 Å². The van der Waals surface area contributed by atoms with Crippen LogP contribution in [0.25, 0.3) is 0 Å².